The number of phenols is 3. The van der Waals surface area contributed by atoms with E-state index in [4.69, 9.17) is 9.90 Å². The number of allylic oxidation sites excluding steroid dienone is 2. The third-order valence-electron chi connectivity index (χ3n) is 13.1. The largest absolute Gasteiger partial charge is 0.508 e. The van der Waals surface area contributed by atoms with Gasteiger partial charge in [0.2, 0.25) is 0 Å². The fourth-order valence-corrected chi connectivity index (χ4v) is 10.4. The molecule has 43 heavy (non-hydrogen) atoms. The molecule has 4 aliphatic carbocycles. The molecule has 1 aromatic heterocycles. The first kappa shape index (κ1) is 29.7. The van der Waals surface area contributed by atoms with Gasteiger partial charge in [-0.15, -0.1) is 0 Å². The summed E-state index contributed by atoms with van der Waals surface area (Å²) in [6.45, 7) is 14.3. The Kier molecular flexibility index (Phi) is 6.76. The van der Waals surface area contributed by atoms with Crippen molar-refractivity contribution in [3.05, 3.63) is 64.4 Å². The van der Waals surface area contributed by atoms with Crippen LogP contribution in [0.1, 0.15) is 108 Å². The average Bonchev–Trinajstić information content (AvgIpc) is 3.37. The maximum absolute atomic E-state index is 11.0. The number of rotatable bonds is 1. The normalized spacial score (nSPS) is 36.2. The molecule has 0 aliphatic heterocycles. The van der Waals surface area contributed by atoms with Gasteiger partial charge in [-0.3, -0.25) is 4.79 Å². The van der Waals surface area contributed by atoms with Crippen molar-refractivity contribution in [2.75, 3.05) is 0 Å². The lowest BCUT2D eigenvalue weighted by atomic mass is 9.35. The Morgan fingerprint density at radius 1 is 0.977 bits per heavy atom. The van der Waals surface area contributed by atoms with Crippen LogP contribution in [0.4, 0.5) is 0 Å². The van der Waals surface area contributed by atoms with Crippen LogP contribution in [0.15, 0.2) is 42.1 Å². The van der Waals surface area contributed by atoms with Gasteiger partial charge in [0.25, 0.3) is 6.47 Å². The minimum Gasteiger partial charge on any atom is -0.508 e. The second-order valence-electron chi connectivity index (χ2n) is 15.1. The lowest BCUT2D eigenvalue weighted by Gasteiger charge is -2.69. The molecule has 6 heteroatoms. The standard InChI is InChI=1S/C36H45NO3.CH2O2/c1-20-9-10-33(3)11-13-36(6)30-17-24(25-19-37-27-8-7-22(38)16-23(25)27)31-21(2)32(40)28(39)18-26(31)34(30,4)12-14-35(36,5)29(33)15-20;2-1-3/h7-8,16-20,24,29,37-40H,9-15H2,1-6H3;1H,(H,2,3)/t20-,24-,29+,33+,34-,35-,36+;/m0./s1. The predicted octanol–water partition coefficient (Wildman–Crippen LogP) is 8.67. The first-order valence-corrected chi connectivity index (χ1v) is 15.9. The summed E-state index contributed by atoms with van der Waals surface area (Å²) in [6, 6.07) is 7.37. The van der Waals surface area contributed by atoms with E-state index < -0.39 is 0 Å². The second-order valence-corrected chi connectivity index (χ2v) is 15.1. The Balaban J connectivity index is 0.00000105. The molecule has 0 radical (unpaired) electrons. The molecule has 7 rings (SSSR count). The van der Waals surface area contributed by atoms with Crippen molar-refractivity contribution < 1.29 is 25.2 Å². The SMILES string of the molecule is Cc1c(O)c(O)cc2c1[C@H](c1c[nH]c3ccc(O)cc13)C=C1[C@@]2(C)CC[C@@]2(C)[C@@H]3C[C@@H](C)CC[C@]3(C)CC[C@]12C.O=CO. The molecule has 0 spiro atoms. The molecule has 1 heterocycles. The van der Waals surface area contributed by atoms with Gasteiger partial charge in [-0.1, -0.05) is 52.7 Å². The summed E-state index contributed by atoms with van der Waals surface area (Å²) in [5, 5.41) is 40.2. The molecule has 0 saturated heterocycles. The molecule has 6 nitrogen and oxygen atoms in total. The van der Waals surface area contributed by atoms with E-state index in [2.05, 4.69) is 51.9 Å². The lowest BCUT2D eigenvalue weighted by Crippen LogP contribution is -2.61. The summed E-state index contributed by atoms with van der Waals surface area (Å²) in [4.78, 5) is 11.8. The third-order valence-corrected chi connectivity index (χ3v) is 13.1. The van der Waals surface area contributed by atoms with E-state index in [0.717, 1.165) is 45.5 Å². The second kappa shape index (κ2) is 9.80. The topological polar surface area (TPSA) is 114 Å². The first-order chi connectivity index (χ1) is 20.2. The zero-order chi connectivity index (χ0) is 31.1. The molecule has 3 saturated carbocycles. The van der Waals surface area contributed by atoms with E-state index >= 15 is 0 Å². The fourth-order valence-electron chi connectivity index (χ4n) is 10.4. The first-order valence-electron chi connectivity index (χ1n) is 15.9. The predicted molar refractivity (Wildman–Crippen MR) is 170 cm³/mol. The van der Waals surface area contributed by atoms with Gasteiger partial charge >= 0.3 is 0 Å². The molecule has 3 fully saturated rings. The van der Waals surface area contributed by atoms with Gasteiger partial charge < -0.3 is 25.4 Å². The molecule has 5 N–H and O–H groups in total. The van der Waals surface area contributed by atoms with Crippen molar-refractivity contribution in [3.63, 3.8) is 0 Å². The summed E-state index contributed by atoms with van der Waals surface area (Å²) in [5.74, 6) is 1.60. The fraction of sp³-hybridized carbons (Fsp3) is 0.541. The maximum atomic E-state index is 11.0. The summed E-state index contributed by atoms with van der Waals surface area (Å²) in [6.07, 6.45) is 13.3. The van der Waals surface area contributed by atoms with Crippen LogP contribution in [-0.2, 0) is 10.2 Å². The third kappa shape index (κ3) is 4.00. The highest BCUT2D eigenvalue weighted by Gasteiger charge is 2.65. The zero-order valence-electron chi connectivity index (χ0n) is 26.4. The number of phenolic OH excluding ortho intramolecular Hbond substituents is 3. The Hall–Kier alpha value is -3.41. The average molecular weight is 586 g/mol. The van der Waals surface area contributed by atoms with Crippen LogP contribution in [0, 0.1) is 35.0 Å². The molecular formula is C37H47NO5. The van der Waals surface area contributed by atoms with Crippen molar-refractivity contribution in [2.45, 2.75) is 97.8 Å². The van der Waals surface area contributed by atoms with E-state index in [1.807, 2.05) is 25.1 Å². The van der Waals surface area contributed by atoms with Crippen LogP contribution < -0.4 is 0 Å². The highest BCUT2D eigenvalue weighted by atomic mass is 16.3. The van der Waals surface area contributed by atoms with Crippen molar-refractivity contribution in [1.29, 1.82) is 0 Å². The lowest BCUT2D eigenvalue weighted by molar-refractivity contribution is -0.145. The number of carbonyl (C=O) groups is 1. The van der Waals surface area contributed by atoms with Crippen LogP contribution >= 0.6 is 0 Å². The Labute approximate surface area is 254 Å². The number of hydrogen-bond acceptors (Lipinski definition) is 4. The summed E-state index contributed by atoms with van der Waals surface area (Å²) >= 11 is 0. The molecule has 2 aromatic carbocycles. The van der Waals surface area contributed by atoms with Gasteiger partial charge in [0, 0.05) is 28.4 Å². The van der Waals surface area contributed by atoms with Gasteiger partial charge in [0.1, 0.15) is 5.75 Å². The van der Waals surface area contributed by atoms with E-state index in [0.29, 0.717) is 11.3 Å². The Bertz CT molecular complexity index is 1640. The number of H-pyrrole nitrogens is 1. The van der Waals surface area contributed by atoms with Crippen molar-refractivity contribution in [3.8, 4) is 17.2 Å². The van der Waals surface area contributed by atoms with Gasteiger partial charge in [-0.25, -0.2) is 0 Å². The molecular weight excluding hydrogens is 538 g/mol. The quantitative estimate of drug-likeness (QED) is 0.111. The Morgan fingerprint density at radius 3 is 2.42 bits per heavy atom. The monoisotopic (exact) mass is 585 g/mol. The number of nitrogens with one attached hydrogen (secondary N) is 1. The number of aromatic amines is 1. The molecule has 4 aliphatic rings. The summed E-state index contributed by atoms with van der Waals surface area (Å²) < 4.78 is 0. The van der Waals surface area contributed by atoms with Gasteiger partial charge in [-0.05, 0) is 120 Å². The van der Waals surface area contributed by atoms with Crippen LogP contribution in [0.3, 0.4) is 0 Å². The van der Waals surface area contributed by atoms with Gasteiger partial charge in [0.05, 0.1) is 0 Å². The minimum atomic E-state index is -0.250. The van der Waals surface area contributed by atoms with Crippen LogP contribution in [0.25, 0.3) is 10.9 Å². The molecule has 0 unspecified atom stereocenters. The number of benzene rings is 2. The summed E-state index contributed by atoms with van der Waals surface area (Å²) in [5.41, 5.74) is 7.07. The van der Waals surface area contributed by atoms with Crippen LogP contribution in [0.2, 0.25) is 0 Å². The summed E-state index contributed by atoms with van der Waals surface area (Å²) in [7, 11) is 0. The van der Waals surface area contributed by atoms with Crippen molar-refractivity contribution >= 4 is 17.4 Å². The van der Waals surface area contributed by atoms with Gasteiger partial charge in [-0.2, -0.15) is 0 Å². The number of aromatic hydroxyl groups is 3. The highest BCUT2D eigenvalue weighted by Crippen LogP contribution is 2.74. The maximum Gasteiger partial charge on any atom is 0.290 e. The van der Waals surface area contributed by atoms with Crippen molar-refractivity contribution in [2.24, 2.45) is 28.1 Å². The molecule has 230 valence electrons. The minimum absolute atomic E-state index is 0.0233. The van der Waals surface area contributed by atoms with E-state index in [9.17, 15) is 15.3 Å². The highest BCUT2D eigenvalue weighted by molar-refractivity contribution is 5.86. The number of fused-ring (bicyclic) bond motifs is 8. The van der Waals surface area contributed by atoms with E-state index in [1.54, 1.807) is 6.07 Å². The van der Waals surface area contributed by atoms with Crippen LogP contribution in [0.5, 0.6) is 17.2 Å². The van der Waals surface area contributed by atoms with Crippen LogP contribution in [-0.4, -0.2) is 31.9 Å². The molecule has 3 aromatic rings. The van der Waals surface area contributed by atoms with E-state index in [-0.39, 0.29) is 45.9 Å². The molecule has 0 bridgehead atoms. The van der Waals surface area contributed by atoms with E-state index in [1.165, 1.54) is 44.1 Å². The molecule has 7 atom stereocenters. The Morgan fingerprint density at radius 2 is 1.70 bits per heavy atom. The number of hydrogen-bond donors (Lipinski definition) is 5. The smallest absolute Gasteiger partial charge is 0.290 e. The zero-order valence-corrected chi connectivity index (χ0v) is 26.4. The molecule has 0 amide bonds. The van der Waals surface area contributed by atoms with Gasteiger partial charge in [0.15, 0.2) is 11.5 Å². The number of carboxylic acid groups (broad SMARTS) is 1. The number of aromatic nitrogens is 1. The van der Waals surface area contributed by atoms with Crippen molar-refractivity contribution in [1.82, 2.24) is 4.98 Å².